The lowest BCUT2D eigenvalue weighted by molar-refractivity contribution is -0.122. The van der Waals surface area contributed by atoms with Gasteiger partial charge in [0.1, 0.15) is 0 Å². The average Bonchev–Trinajstić information content (AvgIpc) is 2.94. The van der Waals surface area contributed by atoms with Crippen molar-refractivity contribution in [1.29, 1.82) is 0 Å². The average molecular weight is 382 g/mol. The zero-order valence-electron chi connectivity index (χ0n) is 14.7. The van der Waals surface area contributed by atoms with Gasteiger partial charge in [-0.3, -0.25) is 14.5 Å². The molecule has 0 saturated carbocycles. The number of nitrogens with one attached hydrogen (secondary N) is 1. The first kappa shape index (κ1) is 18.7. The molecule has 6 nitrogen and oxygen atoms in total. The standard InChI is InChI=1S/C20H18N2O4S/c1-2-26-19(24)15-10-6-7-11-16(15)21-13-22-18(23)17(27-20(22)25)12-14-8-4-3-5-9-14/h3-12,21H,2,13H2,1H3. The van der Waals surface area contributed by atoms with Gasteiger partial charge in [0.2, 0.25) is 0 Å². The van der Waals surface area contributed by atoms with Crippen molar-refractivity contribution >= 4 is 40.6 Å². The maximum absolute atomic E-state index is 12.5. The van der Waals surface area contributed by atoms with E-state index in [1.165, 1.54) is 0 Å². The van der Waals surface area contributed by atoms with E-state index in [0.29, 0.717) is 16.2 Å². The molecule has 1 fully saturated rings. The third kappa shape index (κ3) is 4.38. The zero-order valence-corrected chi connectivity index (χ0v) is 15.5. The van der Waals surface area contributed by atoms with E-state index in [9.17, 15) is 14.4 Å². The predicted octanol–water partition coefficient (Wildman–Crippen LogP) is 3.97. The van der Waals surface area contributed by atoms with Crippen LogP contribution < -0.4 is 5.32 Å². The molecular formula is C20H18N2O4S. The molecule has 0 unspecified atom stereocenters. The van der Waals surface area contributed by atoms with Gasteiger partial charge in [-0.2, -0.15) is 0 Å². The monoisotopic (exact) mass is 382 g/mol. The normalized spacial score (nSPS) is 15.3. The van der Waals surface area contributed by atoms with Crippen LogP contribution in [0.5, 0.6) is 0 Å². The number of benzene rings is 2. The molecule has 2 amide bonds. The van der Waals surface area contributed by atoms with Crippen LogP contribution in [0.15, 0.2) is 59.5 Å². The van der Waals surface area contributed by atoms with Crippen LogP contribution in [-0.4, -0.2) is 35.3 Å². The first-order valence-corrected chi connectivity index (χ1v) is 9.22. The van der Waals surface area contributed by atoms with Gasteiger partial charge in [-0.15, -0.1) is 0 Å². The molecule has 0 spiro atoms. The summed E-state index contributed by atoms with van der Waals surface area (Å²) in [5.41, 5.74) is 1.71. The summed E-state index contributed by atoms with van der Waals surface area (Å²) in [7, 11) is 0. The molecule has 0 aliphatic carbocycles. The van der Waals surface area contributed by atoms with Crippen molar-refractivity contribution in [2.24, 2.45) is 0 Å². The third-order valence-electron chi connectivity index (χ3n) is 3.82. The highest BCUT2D eigenvalue weighted by atomic mass is 32.2. The Hall–Kier alpha value is -3.06. The predicted molar refractivity (Wildman–Crippen MR) is 105 cm³/mol. The minimum atomic E-state index is -0.460. The fourth-order valence-corrected chi connectivity index (χ4v) is 3.36. The number of anilines is 1. The number of amides is 2. The lowest BCUT2D eigenvalue weighted by Gasteiger charge is -2.16. The first-order chi connectivity index (χ1) is 13.1. The van der Waals surface area contributed by atoms with Gasteiger partial charge in [0.05, 0.1) is 29.4 Å². The zero-order chi connectivity index (χ0) is 19.2. The van der Waals surface area contributed by atoms with Gasteiger partial charge in [-0.05, 0) is 42.5 Å². The molecule has 7 heteroatoms. The highest BCUT2D eigenvalue weighted by Crippen LogP contribution is 2.32. The second-order valence-electron chi connectivity index (χ2n) is 5.62. The molecule has 1 heterocycles. The molecule has 1 saturated heterocycles. The Kier molecular flexibility index (Phi) is 5.93. The maximum Gasteiger partial charge on any atom is 0.340 e. The van der Waals surface area contributed by atoms with E-state index in [4.69, 9.17) is 4.74 Å². The van der Waals surface area contributed by atoms with Crippen molar-refractivity contribution < 1.29 is 19.1 Å². The topological polar surface area (TPSA) is 75.7 Å². The molecule has 2 aromatic carbocycles. The van der Waals surface area contributed by atoms with E-state index in [-0.39, 0.29) is 24.4 Å². The molecule has 27 heavy (non-hydrogen) atoms. The van der Waals surface area contributed by atoms with Gasteiger partial charge in [0.25, 0.3) is 11.1 Å². The Labute approximate surface area is 161 Å². The number of carbonyl (C=O) groups excluding carboxylic acids is 3. The number of hydrogen-bond acceptors (Lipinski definition) is 6. The van der Waals surface area contributed by atoms with Crippen molar-refractivity contribution in [1.82, 2.24) is 4.90 Å². The Morgan fingerprint density at radius 1 is 1.11 bits per heavy atom. The van der Waals surface area contributed by atoms with Crippen LogP contribution in [0, 0.1) is 0 Å². The summed E-state index contributed by atoms with van der Waals surface area (Å²) in [6.07, 6.45) is 1.69. The Morgan fingerprint density at radius 2 is 1.81 bits per heavy atom. The van der Waals surface area contributed by atoms with Gasteiger partial charge < -0.3 is 10.1 Å². The summed E-state index contributed by atoms with van der Waals surface area (Å²) in [6.45, 7) is 1.96. The molecule has 3 rings (SSSR count). The fourth-order valence-electron chi connectivity index (χ4n) is 2.53. The van der Waals surface area contributed by atoms with Crippen LogP contribution in [0.2, 0.25) is 0 Å². The van der Waals surface area contributed by atoms with E-state index in [2.05, 4.69) is 5.32 Å². The molecule has 0 radical (unpaired) electrons. The summed E-state index contributed by atoms with van der Waals surface area (Å²) >= 11 is 0.897. The number of thioether (sulfide) groups is 1. The van der Waals surface area contributed by atoms with Crippen molar-refractivity contribution in [2.45, 2.75) is 6.92 Å². The minimum Gasteiger partial charge on any atom is -0.462 e. The van der Waals surface area contributed by atoms with Crippen LogP contribution in [0.25, 0.3) is 6.08 Å². The Bertz CT molecular complexity index is 896. The van der Waals surface area contributed by atoms with Gasteiger partial charge in [0, 0.05) is 0 Å². The van der Waals surface area contributed by atoms with E-state index in [0.717, 1.165) is 22.2 Å². The molecule has 0 bridgehead atoms. The number of ether oxygens (including phenoxy) is 1. The number of para-hydroxylation sites is 1. The Balaban J connectivity index is 1.72. The summed E-state index contributed by atoms with van der Waals surface area (Å²) in [4.78, 5) is 38.3. The van der Waals surface area contributed by atoms with Gasteiger partial charge in [-0.25, -0.2) is 4.79 Å². The van der Waals surface area contributed by atoms with Crippen LogP contribution in [0.3, 0.4) is 0 Å². The lowest BCUT2D eigenvalue weighted by atomic mass is 10.2. The highest BCUT2D eigenvalue weighted by Gasteiger charge is 2.35. The van der Waals surface area contributed by atoms with Crippen LogP contribution in [0.1, 0.15) is 22.8 Å². The summed E-state index contributed by atoms with van der Waals surface area (Å²) < 4.78 is 5.03. The van der Waals surface area contributed by atoms with Crippen LogP contribution in [-0.2, 0) is 9.53 Å². The van der Waals surface area contributed by atoms with E-state index < -0.39 is 5.97 Å². The van der Waals surface area contributed by atoms with Gasteiger partial charge >= 0.3 is 5.97 Å². The smallest absolute Gasteiger partial charge is 0.340 e. The number of carbonyl (C=O) groups is 3. The molecule has 1 aliphatic heterocycles. The van der Waals surface area contributed by atoms with Crippen LogP contribution >= 0.6 is 11.8 Å². The highest BCUT2D eigenvalue weighted by molar-refractivity contribution is 8.18. The lowest BCUT2D eigenvalue weighted by Crippen LogP contribution is -2.33. The number of imide groups is 1. The number of hydrogen-bond donors (Lipinski definition) is 1. The SMILES string of the molecule is CCOC(=O)c1ccccc1NCN1C(=O)SC(=Cc2ccccc2)C1=O. The first-order valence-electron chi connectivity index (χ1n) is 8.40. The largest absolute Gasteiger partial charge is 0.462 e. The van der Waals surface area contributed by atoms with E-state index >= 15 is 0 Å². The minimum absolute atomic E-state index is 0.0345. The van der Waals surface area contributed by atoms with Gasteiger partial charge in [-0.1, -0.05) is 42.5 Å². The van der Waals surface area contributed by atoms with Crippen LogP contribution in [0.4, 0.5) is 10.5 Å². The number of esters is 1. The molecule has 1 N–H and O–H groups in total. The third-order valence-corrected chi connectivity index (χ3v) is 4.73. The van der Waals surface area contributed by atoms with E-state index in [1.807, 2.05) is 30.3 Å². The maximum atomic E-state index is 12.5. The molecule has 0 aromatic heterocycles. The molecule has 0 atom stereocenters. The van der Waals surface area contributed by atoms with E-state index in [1.54, 1.807) is 37.3 Å². The summed E-state index contributed by atoms with van der Waals surface area (Å²) in [5.74, 6) is -0.825. The molecular weight excluding hydrogens is 364 g/mol. The van der Waals surface area contributed by atoms with Crippen molar-refractivity contribution in [3.8, 4) is 0 Å². The molecule has 138 valence electrons. The number of nitrogens with zero attached hydrogens (tertiary/aromatic N) is 1. The Morgan fingerprint density at radius 3 is 2.56 bits per heavy atom. The molecule has 1 aliphatic rings. The second kappa shape index (κ2) is 8.55. The van der Waals surface area contributed by atoms with Crippen molar-refractivity contribution in [2.75, 3.05) is 18.6 Å². The quantitative estimate of drug-likeness (QED) is 0.602. The van der Waals surface area contributed by atoms with Crippen molar-refractivity contribution in [3.05, 3.63) is 70.6 Å². The fraction of sp³-hybridized carbons (Fsp3) is 0.150. The summed E-state index contributed by atoms with van der Waals surface area (Å²) in [5, 5.41) is 2.62. The summed E-state index contributed by atoms with van der Waals surface area (Å²) in [6, 6.07) is 16.1. The van der Waals surface area contributed by atoms with Gasteiger partial charge in [0.15, 0.2) is 0 Å². The number of rotatable bonds is 6. The van der Waals surface area contributed by atoms with Crippen molar-refractivity contribution in [3.63, 3.8) is 0 Å². The second-order valence-corrected chi connectivity index (χ2v) is 6.61. The molecule has 2 aromatic rings.